The van der Waals surface area contributed by atoms with Crippen LogP contribution in [-0.2, 0) is 9.53 Å². The van der Waals surface area contributed by atoms with Gasteiger partial charge in [-0.1, -0.05) is 29.8 Å². The molecule has 3 rings (SSSR count). The maximum Gasteiger partial charge on any atom is 0.224 e. The maximum atomic E-state index is 12.4. The molecular weight excluding hydrogens is 288 g/mol. The van der Waals surface area contributed by atoms with Crippen LogP contribution in [0.2, 0.25) is 5.02 Å². The molecule has 0 saturated carbocycles. The van der Waals surface area contributed by atoms with E-state index >= 15 is 0 Å². The monoisotopic (exact) mass is 308 g/mol. The fraction of sp³-hybridized carbons (Fsp3) is 0.562. The summed E-state index contributed by atoms with van der Waals surface area (Å²) in [4.78, 5) is 14.3. The van der Waals surface area contributed by atoms with E-state index in [0.717, 1.165) is 18.5 Å². The topological polar surface area (TPSA) is 41.6 Å². The van der Waals surface area contributed by atoms with Gasteiger partial charge in [-0.3, -0.25) is 4.79 Å². The van der Waals surface area contributed by atoms with Crippen molar-refractivity contribution < 1.29 is 9.53 Å². The molecule has 1 aromatic rings. The third-order valence-electron chi connectivity index (χ3n) is 4.25. The number of hydrogen-bond donors (Lipinski definition) is 1. The Morgan fingerprint density at radius 2 is 2.29 bits per heavy atom. The first-order valence-corrected chi connectivity index (χ1v) is 7.99. The third kappa shape index (κ3) is 3.57. The smallest absolute Gasteiger partial charge is 0.224 e. The van der Waals surface area contributed by atoms with Crippen LogP contribution in [0.15, 0.2) is 24.3 Å². The van der Waals surface area contributed by atoms with Crippen molar-refractivity contribution in [2.75, 3.05) is 26.2 Å². The molecule has 0 radical (unpaired) electrons. The summed E-state index contributed by atoms with van der Waals surface area (Å²) in [5, 5.41) is 4.08. The van der Waals surface area contributed by atoms with Crippen LogP contribution in [0.4, 0.5) is 0 Å². The number of rotatable bonds is 3. The minimum atomic E-state index is -0.118. The molecule has 1 N–H and O–H groups in total. The SMILES string of the molecule is O=C(CC1CCCN1)N1CCOC(c2ccccc2Cl)C1. The first kappa shape index (κ1) is 14.8. The average Bonchev–Trinajstić information content (AvgIpc) is 3.01. The second-order valence-electron chi connectivity index (χ2n) is 5.72. The highest BCUT2D eigenvalue weighted by molar-refractivity contribution is 6.31. The number of ether oxygens (including phenoxy) is 1. The van der Waals surface area contributed by atoms with E-state index in [4.69, 9.17) is 16.3 Å². The Balaban J connectivity index is 1.62. The van der Waals surface area contributed by atoms with E-state index in [1.807, 2.05) is 29.2 Å². The first-order valence-electron chi connectivity index (χ1n) is 7.61. The molecule has 114 valence electrons. The van der Waals surface area contributed by atoms with Crippen LogP contribution in [0.3, 0.4) is 0 Å². The van der Waals surface area contributed by atoms with Crippen LogP contribution in [0.25, 0.3) is 0 Å². The van der Waals surface area contributed by atoms with Gasteiger partial charge in [0.15, 0.2) is 0 Å². The molecule has 2 atom stereocenters. The molecule has 2 aliphatic rings. The summed E-state index contributed by atoms with van der Waals surface area (Å²) in [5.41, 5.74) is 0.968. The zero-order chi connectivity index (χ0) is 14.7. The predicted molar refractivity (Wildman–Crippen MR) is 82.4 cm³/mol. The number of morpholine rings is 1. The zero-order valence-corrected chi connectivity index (χ0v) is 12.8. The van der Waals surface area contributed by atoms with Gasteiger partial charge in [-0.25, -0.2) is 0 Å². The molecule has 2 aliphatic heterocycles. The van der Waals surface area contributed by atoms with Gasteiger partial charge in [-0.15, -0.1) is 0 Å². The van der Waals surface area contributed by atoms with Gasteiger partial charge < -0.3 is 15.0 Å². The van der Waals surface area contributed by atoms with Gasteiger partial charge in [0, 0.05) is 29.6 Å². The van der Waals surface area contributed by atoms with Crippen LogP contribution < -0.4 is 5.32 Å². The number of carbonyl (C=O) groups is 1. The molecule has 21 heavy (non-hydrogen) atoms. The lowest BCUT2D eigenvalue weighted by Crippen LogP contribution is -2.44. The molecule has 5 heteroatoms. The number of nitrogens with one attached hydrogen (secondary N) is 1. The van der Waals surface area contributed by atoms with Crippen LogP contribution >= 0.6 is 11.6 Å². The van der Waals surface area contributed by atoms with Crippen molar-refractivity contribution in [3.63, 3.8) is 0 Å². The van der Waals surface area contributed by atoms with E-state index in [2.05, 4.69) is 5.32 Å². The van der Waals surface area contributed by atoms with Crippen molar-refractivity contribution in [2.45, 2.75) is 31.4 Å². The number of nitrogens with zero attached hydrogens (tertiary/aromatic N) is 1. The van der Waals surface area contributed by atoms with Crippen LogP contribution in [0, 0.1) is 0 Å². The largest absolute Gasteiger partial charge is 0.370 e. The molecule has 1 aromatic carbocycles. The summed E-state index contributed by atoms with van der Waals surface area (Å²) in [7, 11) is 0. The van der Waals surface area contributed by atoms with Gasteiger partial charge in [0.1, 0.15) is 6.10 Å². The number of hydrogen-bond acceptors (Lipinski definition) is 3. The molecule has 4 nitrogen and oxygen atoms in total. The summed E-state index contributed by atoms with van der Waals surface area (Å²) in [5.74, 6) is 0.217. The summed E-state index contributed by atoms with van der Waals surface area (Å²) >= 11 is 6.23. The molecule has 0 spiro atoms. The number of carbonyl (C=O) groups excluding carboxylic acids is 1. The lowest BCUT2D eigenvalue weighted by atomic mass is 10.1. The van der Waals surface area contributed by atoms with Gasteiger partial charge in [-0.2, -0.15) is 0 Å². The zero-order valence-electron chi connectivity index (χ0n) is 12.1. The molecular formula is C16H21ClN2O2. The number of benzene rings is 1. The minimum Gasteiger partial charge on any atom is -0.370 e. The van der Waals surface area contributed by atoms with E-state index < -0.39 is 0 Å². The van der Waals surface area contributed by atoms with Crippen molar-refractivity contribution in [3.8, 4) is 0 Å². The van der Waals surface area contributed by atoms with Gasteiger partial charge >= 0.3 is 0 Å². The second kappa shape index (κ2) is 6.77. The van der Waals surface area contributed by atoms with Gasteiger partial charge in [0.05, 0.1) is 13.2 Å². The second-order valence-corrected chi connectivity index (χ2v) is 6.13. The summed E-state index contributed by atoms with van der Waals surface area (Å²) in [6.07, 6.45) is 2.75. The quantitative estimate of drug-likeness (QED) is 0.932. The van der Waals surface area contributed by atoms with Gasteiger partial charge in [-0.05, 0) is 25.5 Å². The van der Waals surface area contributed by atoms with Gasteiger partial charge in [0.2, 0.25) is 5.91 Å². The lowest BCUT2D eigenvalue weighted by Gasteiger charge is -2.34. The van der Waals surface area contributed by atoms with Crippen molar-refractivity contribution in [1.82, 2.24) is 10.2 Å². The van der Waals surface area contributed by atoms with E-state index in [1.165, 1.54) is 6.42 Å². The van der Waals surface area contributed by atoms with Crippen LogP contribution in [-0.4, -0.2) is 43.1 Å². The lowest BCUT2D eigenvalue weighted by molar-refractivity contribution is -0.139. The fourth-order valence-corrected chi connectivity index (χ4v) is 3.33. The normalized spacial score (nSPS) is 26.0. The molecule has 0 bridgehead atoms. The Morgan fingerprint density at radius 1 is 1.43 bits per heavy atom. The standard InChI is InChI=1S/C16H21ClN2O2/c17-14-6-2-1-5-13(14)15-11-19(8-9-21-15)16(20)10-12-4-3-7-18-12/h1-2,5-6,12,15,18H,3-4,7-11H2. The number of halogens is 1. The van der Waals surface area contributed by atoms with Crippen molar-refractivity contribution in [2.24, 2.45) is 0 Å². The molecule has 2 unspecified atom stereocenters. The van der Waals surface area contributed by atoms with Crippen molar-refractivity contribution >= 4 is 17.5 Å². The minimum absolute atomic E-state index is 0.118. The Kier molecular flexibility index (Phi) is 4.78. The average molecular weight is 309 g/mol. The fourth-order valence-electron chi connectivity index (χ4n) is 3.07. The summed E-state index contributed by atoms with van der Waals surface area (Å²) in [6.45, 7) is 2.87. The highest BCUT2D eigenvalue weighted by Gasteiger charge is 2.28. The van der Waals surface area contributed by atoms with Crippen molar-refractivity contribution in [3.05, 3.63) is 34.9 Å². The predicted octanol–water partition coefficient (Wildman–Crippen LogP) is 2.38. The Labute approximate surface area is 130 Å². The Morgan fingerprint density at radius 3 is 3.05 bits per heavy atom. The Hall–Kier alpha value is -1.10. The molecule has 0 aromatic heterocycles. The maximum absolute atomic E-state index is 12.4. The molecule has 2 heterocycles. The van der Waals surface area contributed by atoms with E-state index in [1.54, 1.807) is 0 Å². The van der Waals surface area contributed by atoms with Crippen molar-refractivity contribution in [1.29, 1.82) is 0 Å². The Bertz CT molecular complexity index is 503. The van der Waals surface area contributed by atoms with E-state index in [-0.39, 0.29) is 12.0 Å². The molecule has 2 fully saturated rings. The third-order valence-corrected chi connectivity index (χ3v) is 4.60. The summed E-state index contributed by atoms with van der Waals surface area (Å²) < 4.78 is 5.80. The van der Waals surface area contributed by atoms with Crippen LogP contribution in [0.1, 0.15) is 30.9 Å². The molecule has 2 saturated heterocycles. The highest BCUT2D eigenvalue weighted by Crippen LogP contribution is 2.28. The van der Waals surface area contributed by atoms with E-state index in [9.17, 15) is 4.79 Å². The molecule has 1 amide bonds. The number of amides is 1. The van der Waals surface area contributed by atoms with Crippen LogP contribution in [0.5, 0.6) is 0 Å². The van der Waals surface area contributed by atoms with E-state index in [0.29, 0.717) is 37.2 Å². The molecule has 0 aliphatic carbocycles. The highest BCUT2D eigenvalue weighted by atomic mass is 35.5. The van der Waals surface area contributed by atoms with Gasteiger partial charge in [0.25, 0.3) is 0 Å². The summed E-state index contributed by atoms with van der Waals surface area (Å²) in [6, 6.07) is 8.04. The first-order chi connectivity index (χ1) is 10.2.